The molecule has 5 rings (SSSR count). The number of hydrogen-bond donors (Lipinski definition) is 0. The van der Waals surface area contributed by atoms with Gasteiger partial charge in [0.15, 0.2) is 0 Å². The van der Waals surface area contributed by atoms with Crippen LogP contribution in [0.15, 0.2) is 41.8 Å². The standard InChI is InChI=1S/C27H32N2OS/c1-19-13-22-9-12-29(27(30)15-24(22)14-20(19)2)17-21-7-10-28(16-21)11-8-23-18-31-26-6-4-3-5-25(23)26/h3-6,13-14,18,21H,7-12,15-17H2,1-2H3. The first-order valence-corrected chi connectivity index (χ1v) is 12.5. The van der Waals surface area contributed by atoms with Gasteiger partial charge in [-0.25, -0.2) is 0 Å². The van der Waals surface area contributed by atoms with E-state index in [0.29, 0.717) is 18.2 Å². The lowest BCUT2D eigenvalue weighted by Gasteiger charge is -2.24. The van der Waals surface area contributed by atoms with Gasteiger partial charge in [-0.1, -0.05) is 30.3 Å². The molecule has 0 N–H and O–H groups in total. The van der Waals surface area contributed by atoms with Gasteiger partial charge in [0.2, 0.25) is 5.91 Å². The fourth-order valence-electron chi connectivity index (χ4n) is 5.26. The van der Waals surface area contributed by atoms with Crippen molar-refractivity contribution in [2.45, 2.75) is 39.5 Å². The van der Waals surface area contributed by atoms with E-state index < -0.39 is 0 Å². The third-order valence-corrected chi connectivity index (χ3v) is 8.28. The highest BCUT2D eigenvalue weighted by atomic mass is 32.1. The van der Waals surface area contributed by atoms with E-state index >= 15 is 0 Å². The van der Waals surface area contributed by atoms with Crippen LogP contribution < -0.4 is 0 Å². The Hall–Kier alpha value is -2.17. The fraction of sp³-hybridized carbons (Fsp3) is 0.444. The summed E-state index contributed by atoms with van der Waals surface area (Å²) in [5.41, 5.74) is 6.73. The van der Waals surface area contributed by atoms with E-state index in [9.17, 15) is 4.79 Å². The van der Waals surface area contributed by atoms with E-state index in [1.54, 1.807) is 0 Å². The maximum absolute atomic E-state index is 13.0. The van der Waals surface area contributed by atoms with Crippen molar-refractivity contribution in [2.24, 2.45) is 5.92 Å². The van der Waals surface area contributed by atoms with Crippen LogP contribution in [-0.2, 0) is 24.1 Å². The number of hydrogen-bond acceptors (Lipinski definition) is 3. The van der Waals surface area contributed by atoms with Crippen molar-refractivity contribution in [3.05, 3.63) is 69.6 Å². The molecule has 2 aromatic carbocycles. The molecule has 0 spiro atoms. The van der Waals surface area contributed by atoms with Crippen LogP contribution in [-0.4, -0.2) is 48.4 Å². The van der Waals surface area contributed by atoms with Gasteiger partial charge in [0, 0.05) is 30.9 Å². The molecular weight excluding hydrogens is 400 g/mol. The van der Waals surface area contributed by atoms with E-state index in [4.69, 9.17) is 0 Å². The fourth-order valence-corrected chi connectivity index (χ4v) is 6.26. The number of fused-ring (bicyclic) bond motifs is 2. The van der Waals surface area contributed by atoms with Crippen LogP contribution in [0.3, 0.4) is 0 Å². The number of aryl methyl sites for hydroxylation is 2. The van der Waals surface area contributed by atoms with Crippen molar-refractivity contribution in [3.8, 4) is 0 Å². The van der Waals surface area contributed by atoms with Gasteiger partial charge >= 0.3 is 0 Å². The third-order valence-electron chi connectivity index (χ3n) is 7.27. The first-order valence-electron chi connectivity index (χ1n) is 11.6. The molecule has 3 heterocycles. The molecular formula is C27H32N2OS. The van der Waals surface area contributed by atoms with Crippen LogP contribution in [0.1, 0.15) is 34.2 Å². The van der Waals surface area contributed by atoms with Crippen LogP contribution in [0, 0.1) is 19.8 Å². The van der Waals surface area contributed by atoms with Gasteiger partial charge in [0.1, 0.15) is 0 Å². The summed E-state index contributed by atoms with van der Waals surface area (Å²) < 4.78 is 1.39. The Morgan fingerprint density at radius 3 is 2.74 bits per heavy atom. The summed E-state index contributed by atoms with van der Waals surface area (Å²) >= 11 is 1.86. The molecule has 0 saturated carbocycles. The van der Waals surface area contributed by atoms with E-state index in [-0.39, 0.29) is 0 Å². The summed E-state index contributed by atoms with van der Waals surface area (Å²) in [7, 11) is 0. The maximum Gasteiger partial charge on any atom is 0.227 e. The Morgan fingerprint density at radius 2 is 1.87 bits per heavy atom. The highest BCUT2D eigenvalue weighted by molar-refractivity contribution is 7.17. The van der Waals surface area contributed by atoms with Gasteiger partial charge in [0.05, 0.1) is 6.42 Å². The highest BCUT2D eigenvalue weighted by Crippen LogP contribution is 2.27. The molecule has 2 aliphatic heterocycles. The molecule has 1 saturated heterocycles. The largest absolute Gasteiger partial charge is 0.342 e. The lowest BCUT2D eigenvalue weighted by atomic mass is 9.97. The first kappa shape index (κ1) is 20.7. The molecule has 3 aromatic rings. The molecule has 3 nitrogen and oxygen atoms in total. The van der Waals surface area contributed by atoms with Crippen LogP contribution in [0.25, 0.3) is 10.1 Å². The number of likely N-dealkylation sites (tertiary alicyclic amines) is 1. The van der Waals surface area contributed by atoms with Crippen LogP contribution in [0.5, 0.6) is 0 Å². The highest BCUT2D eigenvalue weighted by Gasteiger charge is 2.28. The number of carbonyl (C=O) groups is 1. The zero-order chi connectivity index (χ0) is 21.4. The van der Waals surface area contributed by atoms with Crippen molar-refractivity contribution < 1.29 is 4.79 Å². The number of nitrogens with zero attached hydrogens (tertiary/aromatic N) is 2. The second-order valence-electron chi connectivity index (χ2n) is 9.43. The molecule has 0 aliphatic carbocycles. The predicted molar refractivity (Wildman–Crippen MR) is 130 cm³/mol. The topological polar surface area (TPSA) is 23.6 Å². The Labute approximate surface area is 189 Å². The van der Waals surface area contributed by atoms with Crippen LogP contribution in [0.2, 0.25) is 0 Å². The Bertz CT molecular complexity index is 1100. The second-order valence-corrected chi connectivity index (χ2v) is 10.3. The van der Waals surface area contributed by atoms with Crippen molar-refractivity contribution >= 4 is 27.3 Å². The number of carbonyl (C=O) groups excluding carboxylic acids is 1. The SMILES string of the molecule is Cc1cc2c(cc1C)CC(=O)N(CC1CCN(CCc3csc4ccccc34)C1)CC2. The normalized spacial score (nSPS) is 19.7. The third kappa shape index (κ3) is 4.42. The van der Waals surface area contributed by atoms with Gasteiger partial charge in [-0.15, -0.1) is 11.3 Å². The molecule has 1 aromatic heterocycles. The van der Waals surface area contributed by atoms with E-state index in [1.165, 1.54) is 44.3 Å². The van der Waals surface area contributed by atoms with Crippen molar-refractivity contribution in [1.82, 2.24) is 9.80 Å². The smallest absolute Gasteiger partial charge is 0.227 e. The quantitative estimate of drug-likeness (QED) is 0.566. The first-order chi connectivity index (χ1) is 15.1. The molecule has 4 heteroatoms. The van der Waals surface area contributed by atoms with Crippen LogP contribution >= 0.6 is 11.3 Å². The minimum absolute atomic E-state index is 0.310. The number of amides is 1. The lowest BCUT2D eigenvalue weighted by molar-refractivity contribution is -0.130. The molecule has 1 unspecified atom stereocenters. The molecule has 2 aliphatic rings. The molecule has 1 fully saturated rings. The Balaban J connectivity index is 1.16. The van der Waals surface area contributed by atoms with Gasteiger partial charge in [-0.3, -0.25) is 4.79 Å². The van der Waals surface area contributed by atoms with Gasteiger partial charge in [-0.05, 0) is 90.2 Å². The molecule has 31 heavy (non-hydrogen) atoms. The number of benzene rings is 2. The zero-order valence-corrected chi connectivity index (χ0v) is 19.5. The van der Waals surface area contributed by atoms with Gasteiger partial charge in [0.25, 0.3) is 0 Å². The Kier molecular flexibility index (Phi) is 5.85. The predicted octanol–water partition coefficient (Wildman–Crippen LogP) is 5.01. The molecule has 1 atom stereocenters. The van der Waals surface area contributed by atoms with E-state index in [0.717, 1.165) is 45.6 Å². The van der Waals surface area contributed by atoms with Crippen molar-refractivity contribution in [2.75, 3.05) is 32.7 Å². The van der Waals surface area contributed by atoms with Gasteiger partial charge in [-0.2, -0.15) is 0 Å². The molecule has 162 valence electrons. The summed E-state index contributed by atoms with van der Waals surface area (Å²) in [6, 6.07) is 13.3. The van der Waals surface area contributed by atoms with Crippen molar-refractivity contribution in [1.29, 1.82) is 0 Å². The van der Waals surface area contributed by atoms with E-state index in [1.807, 2.05) is 11.3 Å². The summed E-state index contributed by atoms with van der Waals surface area (Å²) in [6.07, 6.45) is 3.88. The summed E-state index contributed by atoms with van der Waals surface area (Å²) in [5.74, 6) is 0.915. The average molecular weight is 433 g/mol. The lowest BCUT2D eigenvalue weighted by Crippen LogP contribution is -2.37. The number of thiophene rings is 1. The van der Waals surface area contributed by atoms with Crippen molar-refractivity contribution in [3.63, 3.8) is 0 Å². The monoisotopic (exact) mass is 432 g/mol. The zero-order valence-electron chi connectivity index (χ0n) is 18.7. The maximum atomic E-state index is 13.0. The average Bonchev–Trinajstić information content (AvgIpc) is 3.35. The number of rotatable bonds is 5. The molecule has 0 radical (unpaired) electrons. The molecule has 1 amide bonds. The minimum Gasteiger partial charge on any atom is -0.342 e. The molecule has 0 bridgehead atoms. The minimum atomic E-state index is 0.310. The van der Waals surface area contributed by atoms with Gasteiger partial charge < -0.3 is 9.80 Å². The van der Waals surface area contributed by atoms with Crippen LogP contribution in [0.4, 0.5) is 0 Å². The summed E-state index contributed by atoms with van der Waals surface area (Å²) in [4.78, 5) is 17.7. The van der Waals surface area contributed by atoms with E-state index in [2.05, 4.69) is 65.4 Å². The second kappa shape index (κ2) is 8.76. The summed E-state index contributed by atoms with van der Waals surface area (Å²) in [6.45, 7) is 9.51. The summed E-state index contributed by atoms with van der Waals surface area (Å²) in [5, 5.41) is 3.75. The Morgan fingerprint density at radius 1 is 1.06 bits per heavy atom.